The van der Waals surface area contributed by atoms with Crippen molar-refractivity contribution in [2.45, 2.75) is 20.0 Å². The van der Waals surface area contributed by atoms with Gasteiger partial charge in [0.05, 0.1) is 6.61 Å². The predicted molar refractivity (Wildman–Crippen MR) is 107 cm³/mol. The van der Waals surface area contributed by atoms with Crippen molar-refractivity contribution in [2.24, 2.45) is 0 Å². The van der Waals surface area contributed by atoms with Crippen LogP contribution in [-0.2, 0) is 6.18 Å². The van der Waals surface area contributed by atoms with Crippen LogP contribution in [0.3, 0.4) is 0 Å². The van der Waals surface area contributed by atoms with E-state index < -0.39 is 11.7 Å². The summed E-state index contributed by atoms with van der Waals surface area (Å²) in [6, 6.07) is 14.2. The number of nitrogens with one attached hydrogen (secondary N) is 1. The van der Waals surface area contributed by atoms with Gasteiger partial charge in [0.1, 0.15) is 11.3 Å². The summed E-state index contributed by atoms with van der Waals surface area (Å²) in [5, 5.41) is 2.95. The van der Waals surface area contributed by atoms with Gasteiger partial charge in [-0.2, -0.15) is 18.2 Å². The van der Waals surface area contributed by atoms with Gasteiger partial charge in [0.15, 0.2) is 5.82 Å². The molecule has 2 aromatic carbocycles. The van der Waals surface area contributed by atoms with Gasteiger partial charge in [-0.05, 0) is 50.2 Å². The maximum absolute atomic E-state index is 13.5. The Morgan fingerprint density at radius 1 is 1.03 bits per heavy atom. The summed E-state index contributed by atoms with van der Waals surface area (Å²) in [6.07, 6.45) is -3.79. The van der Waals surface area contributed by atoms with Crippen LogP contribution in [0.2, 0.25) is 0 Å². The van der Waals surface area contributed by atoms with E-state index in [9.17, 15) is 13.2 Å². The Hall–Kier alpha value is -3.29. The number of hydrogen-bond donors (Lipinski definition) is 1. The first kappa shape index (κ1) is 20.4. The molecule has 0 aliphatic rings. The van der Waals surface area contributed by atoms with Crippen molar-refractivity contribution in [3.63, 3.8) is 0 Å². The van der Waals surface area contributed by atoms with Crippen LogP contribution in [0.15, 0.2) is 54.7 Å². The summed E-state index contributed by atoms with van der Waals surface area (Å²) in [4.78, 5) is 9.37. The van der Waals surface area contributed by atoms with E-state index in [0.29, 0.717) is 23.7 Å². The van der Waals surface area contributed by atoms with Crippen LogP contribution >= 0.6 is 0 Å². The molecule has 152 valence electrons. The van der Waals surface area contributed by atoms with Crippen molar-refractivity contribution in [2.75, 3.05) is 23.9 Å². The molecule has 0 atom stereocenters. The molecule has 0 aliphatic carbocycles. The van der Waals surface area contributed by atoms with Crippen LogP contribution in [0.4, 0.5) is 36.3 Å². The molecule has 3 aromatic rings. The summed E-state index contributed by atoms with van der Waals surface area (Å²) in [6.45, 7) is 4.31. The number of ether oxygens (including phenoxy) is 1. The van der Waals surface area contributed by atoms with Crippen molar-refractivity contribution in [3.05, 3.63) is 65.9 Å². The number of halogens is 3. The van der Waals surface area contributed by atoms with Gasteiger partial charge < -0.3 is 15.0 Å². The molecule has 1 aromatic heterocycles. The zero-order valence-corrected chi connectivity index (χ0v) is 16.3. The molecule has 29 heavy (non-hydrogen) atoms. The van der Waals surface area contributed by atoms with E-state index in [0.717, 1.165) is 11.8 Å². The number of benzene rings is 2. The number of aryl methyl sites for hydroxylation is 1. The molecule has 0 bridgehead atoms. The van der Waals surface area contributed by atoms with E-state index in [1.54, 1.807) is 24.3 Å². The van der Waals surface area contributed by atoms with Gasteiger partial charge in [0.25, 0.3) is 0 Å². The average Bonchev–Trinajstić information content (AvgIpc) is 2.69. The zero-order chi connectivity index (χ0) is 21.0. The minimum atomic E-state index is -4.59. The lowest BCUT2D eigenvalue weighted by atomic mass is 10.2. The third kappa shape index (κ3) is 4.96. The Morgan fingerprint density at radius 2 is 1.69 bits per heavy atom. The van der Waals surface area contributed by atoms with Gasteiger partial charge in [-0.1, -0.05) is 17.7 Å². The first-order valence-electron chi connectivity index (χ1n) is 9.02. The summed E-state index contributed by atoms with van der Waals surface area (Å²) < 4.78 is 46.0. The van der Waals surface area contributed by atoms with Crippen LogP contribution < -0.4 is 15.0 Å². The predicted octanol–water partition coefficient (Wildman–Crippen LogP) is 5.71. The highest BCUT2D eigenvalue weighted by Crippen LogP contribution is 2.38. The maximum atomic E-state index is 13.5. The monoisotopic (exact) mass is 402 g/mol. The molecule has 5 nitrogen and oxygen atoms in total. The third-order valence-electron chi connectivity index (χ3n) is 4.23. The fourth-order valence-corrected chi connectivity index (χ4v) is 2.71. The SMILES string of the molecule is CCOc1ccc(N(C)c2nc(Nc3ccc(C)cc3)ncc2C(F)(F)F)cc1. The smallest absolute Gasteiger partial charge is 0.421 e. The normalized spacial score (nSPS) is 11.2. The molecular weight excluding hydrogens is 381 g/mol. The van der Waals surface area contributed by atoms with Gasteiger partial charge >= 0.3 is 6.18 Å². The number of anilines is 4. The molecule has 0 aliphatic heterocycles. The summed E-state index contributed by atoms with van der Waals surface area (Å²) in [5.74, 6) is 0.478. The van der Waals surface area contributed by atoms with Gasteiger partial charge in [0.2, 0.25) is 5.95 Å². The first-order valence-corrected chi connectivity index (χ1v) is 9.02. The lowest BCUT2D eigenvalue weighted by Gasteiger charge is -2.23. The molecule has 0 radical (unpaired) electrons. The Kier molecular flexibility index (Phi) is 5.91. The molecule has 0 spiro atoms. The summed E-state index contributed by atoms with van der Waals surface area (Å²) in [5.41, 5.74) is 1.38. The molecule has 3 rings (SSSR count). The average molecular weight is 402 g/mol. The van der Waals surface area contributed by atoms with Gasteiger partial charge in [-0.15, -0.1) is 0 Å². The fraction of sp³-hybridized carbons (Fsp3) is 0.238. The molecule has 0 saturated heterocycles. The molecule has 0 saturated carbocycles. The highest BCUT2D eigenvalue weighted by molar-refractivity contribution is 5.65. The lowest BCUT2D eigenvalue weighted by molar-refractivity contribution is -0.137. The fourth-order valence-electron chi connectivity index (χ4n) is 2.71. The van der Waals surface area contributed by atoms with Crippen LogP contribution in [0, 0.1) is 6.92 Å². The van der Waals surface area contributed by atoms with Crippen molar-refractivity contribution in [1.29, 1.82) is 0 Å². The molecule has 0 fully saturated rings. The standard InChI is InChI=1S/C21H21F3N4O/c1-4-29-17-11-9-16(10-12-17)28(3)19-18(21(22,23)24)13-25-20(27-19)26-15-7-5-14(2)6-8-15/h5-13H,4H2,1-3H3,(H,25,26,27). The molecule has 1 heterocycles. The van der Waals surface area contributed by atoms with E-state index >= 15 is 0 Å². The quantitative estimate of drug-likeness (QED) is 0.572. The highest BCUT2D eigenvalue weighted by atomic mass is 19.4. The maximum Gasteiger partial charge on any atom is 0.421 e. The minimum absolute atomic E-state index is 0.0784. The topological polar surface area (TPSA) is 50.3 Å². The van der Waals surface area contributed by atoms with E-state index in [4.69, 9.17) is 4.74 Å². The summed E-state index contributed by atoms with van der Waals surface area (Å²) >= 11 is 0. The number of aromatic nitrogens is 2. The first-order chi connectivity index (χ1) is 13.8. The second kappa shape index (κ2) is 8.38. The van der Waals surface area contributed by atoms with Gasteiger partial charge in [-0.25, -0.2) is 4.98 Å². The highest BCUT2D eigenvalue weighted by Gasteiger charge is 2.36. The van der Waals surface area contributed by atoms with Crippen LogP contribution in [0.1, 0.15) is 18.1 Å². The molecular formula is C21H21F3N4O. The second-order valence-corrected chi connectivity index (χ2v) is 6.41. The second-order valence-electron chi connectivity index (χ2n) is 6.41. The number of alkyl halides is 3. The van der Waals surface area contributed by atoms with Crippen LogP contribution in [-0.4, -0.2) is 23.6 Å². The number of nitrogens with zero attached hydrogens (tertiary/aromatic N) is 3. The van der Waals surface area contributed by atoms with Crippen LogP contribution in [0.5, 0.6) is 5.75 Å². The minimum Gasteiger partial charge on any atom is -0.494 e. The van der Waals surface area contributed by atoms with Gasteiger partial charge in [0, 0.05) is 24.6 Å². The molecule has 0 amide bonds. The van der Waals surface area contributed by atoms with Crippen molar-refractivity contribution in [1.82, 2.24) is 9.97 Å². The largest absolute Gasteiger partial charge is 0.494 e. The zero-order valence-electron chi connectivity index (χ0n) is 16.3. The van der Waals surface area contributed by atoms with Crippen molar-refractivity contribution >= 4 is 23.1 Å². The van der Waals surface area contributed by atoms with E-state index in [2.05, 4.69) is 15.3 Å². The Morgan fingerprint density at radius 3 is 2.28 bits per heavy atom. The molecule has 1 N–H and O–H groups in total. The van der Waals surface area contributed by atoms with Crippen molar-refractivity contribution in [3.8, 4) is 5.75 Å². The Bertz CT molecular complexity index is 957. The summed E-state index contributed by atoms with van der Waals surface area (Å²) in [7, 11) is 1.53. The van der Waals surface area contributed by atoms with Crippen molar-refractivity contribution < 1.29 is 17.9 Å². The molecule has 8 heteroatoms. The third-order valence-corrected chi connectivity index (χ3v) is 4.23. The lowest BCUT2D eigenvalue weighted by Crippen LogP contribution is -2.19. The van der Waals surface area contributed by atoms with E-state index in [1.807, 2.05) is 38.1 Å². The van der Waals surface area contributed by atoms with E-state index in [-0.39, 0.29) is 11.8 Å². The Labute approximate surface area is 167 Å². The van der Waals surface area contributed by atoms with Gasteiger partial charge in [-0.3, -0.25) is 0 Å². The Balaban J connectivity index is 1.96. The number of rotatable bonds is 6. The van der Waals surface area contributed by atoms with E-state index in [1.165, 1.54) is 11.9 Å². The number of hydrogen-bond acceptors (Lipinski definition) is 5. The molecule has 0 unspecified atom stereocenters. The van der Waals surface area contributed by atoms with Crippen LogP contribution in [0.25, 0.3) is 0 Å².